The molecular weight excluding hydrogens is 166 g/mol. The van der Waals surface area contributed by atoms with E-state index in [1.807, 2.05) is 18.2 Å². The van der Waals surface area contributed by atoms with Crippen LogP contribution in [-0.2, 0) is 0 Å². The Bertz CT molecular complexity index is 288. The summed E-state index contributed by atoms with van der Waals surface area (Å²) in [6.07, 6.45) is 0. The lowest BCUT2D eigenvalue weighted by Crippen LogP contribution is -1.61. The highest BCUT2D eigenvalue weighted by Gasteiger charge is 1.89. The van der Waals surface area contributed by atoms with Crippen molar-refractivity contribution in [3.8, 4) is 0 Å². The third-order valence-corrected chi connectivity index (χ3v) is 1.93. The van der Waals surface area contributed by atoms with Crippen LogP contribution in [0.4, 0.5) is 0 Å². The van der Waals surface area contributed by atoms with Crippen LogP contribution in [0.1, 0.15) is 0 Å². The Morgan fingerprint density at radius 3 is 2.80 bits per heavy atom. The fourth-order valence-corrected chi connectivity index (χ4v) is 1.46. The predicted molar refractivity (Wildman–Crippen MR) is 46.9 cm³/mol. The van der Waals surface area contributed by atoms with E-state index in [2.05, 4.69) is 15.8 Å². The fraction of sp³-hybridized carbons (Fsp3) is 0. The number of benzene rings is 1. The van der Waals surface area contributed by atoms with Gasteiger partial charge in [-0.3, -0.25) is 0 Å². The van der Waals surface area contributed by atoms with Gasteiger partial charge in [0.05, 0.1) is 5.52 Å². The molecule has 52 valence electrons. The molecule has 1 aromatic heterocycles. The summed E-state index contributed by atoms with van der Waals surface area (Å²) in [6.45, 7) is 0. The van der Waals surface area contributed by atoms with Gasteiger partial charge >= 0.3 is 0 Å². The normalized spacial score (nSPS) is 9.20. The summed E-state index contributed by atoms with van der Waals surface area (Å²) in [7, 11) is 0. The summed E-state index contributed by atoms with van der Waals surface area (Å²) in [4.78, 5) is 0. The summed E-state index contributed by atoms with van der Waals surface area (Å²) in [5.41, 5.74) is 1.10. The van der Waals surface area contributed by atoms with Crippen LogP contribution < -0.4 is 0 Å². The fourth-order valence-electron chi connectivity index (χ4n) is 0.810. The van der Waals surface area contributed by atoms with Crippen LogP contribution in [0.5, 0.6) is 0 Å². The third-order valence-electron chi connectivity index (χ3n) is 1.27. The van der Waals surface area contributed by atoms with E-state index in [1.54, 1.807) is 0 Å². The summed E-state index contributed by atoms with van der Waals surface area (Å²) in [5, 5.41) is 3.29. The van der Waals surface area contributed by atoms with Gasteiger partial charge in [-0.15, -0.1) is 12.4 Å². The van der Waals surface area contributed by atoms with Crippen molar-refractivity contribution in [1.82, 2.24) is 4.37 Å². The molecule has 0 radical (unpaired) electrons. The Hall–Kier alpha value is -0.600. The monoisotopic (exact) mass is 171 g/mol. The summed E-state index contributed by atoms with van der Waals surface area (Å²) < 4.78 is 4.16. The number of halogens is 1. The number of fused-ring (bicyclic) bond motifs is 1. The van der Waals surface area contributed by atoms with Crippen molar-refractivity contribution >= 4 is 34.8 Å². The molecule has 1 aromatic carbocycles. The summed E-state index contributed by atoms with van der Waals surface area (Å²) in [5.74, 6) is 0. The number of hydrogen-bond acceptors (Lipinski definition) is 2. The SMILES string of the molecule is Cl.c1ccc2nscc2c1. The minimum absolute atomic E-state index is 0. The van der Waals surface area contributed by atoms with Crippen molar-refractivity contribution in [2.75, 3.05) is 0 Å². The van der Waals surface area contributed by atoms with E-state index >= 15 is 0 Å². The minimum atomic E-state index is 0. The lowest BCUT2D eigenvalue weighted by Gasteiger charge is -1.80. The molecule has 2 aromatic rings. The standard InChI is InChI=1S/C7H5NS.ClH/c1-2-4-7-6(3-1)5-9-8-7;/h1-5H;1H. The topological polar surface area (TPSA) is 12.9 Å². The zero-order chi connectivity index (χ0) is 6.10. The van der Waals surface area contributed by atoms with Crippen molar-refractivity contribution in [1.29, 1.82) is 0 Å². The first-order valence-electron chi connectivity index (χ1n) is 2.76. The number of hydrogen-bond donors (Lipinski definition) is 0. The van der Waals surface area contributed by atoms with Gasteiger partial charge in [-0.1, -0.05) is 18.2 Å². The van der Waals surface area contributed by atoms with E-state index in [-0.39, 0.29) is 12.4 Å². The highest BCUT2D eigenvalue weighted by Crippen LogP contribution is 2.12. The zero-order valence-corrected chi connectivity index (χ0v) is 6.78. The zero-order valence-electron chi connectivity index (χ0n) is 5.15. The predicted octanol–water partition coefficient (Wildman–Crippen LogP) is 2.72. The highest BCUT2D eigenvalue weighted by atomic mass is 35.5. The second-order valence-corrected chi connectivity index (χ2v) is 2.50. The van der Waals surface area contributed by atoms with Crippen LogP contribution >= 0.6 is 23.9 Å². The van der Waals surface area contributed by atoms with Crippen LogP contribution in [0.3, 0.4) is 0 Å². The number of nitrogens with zero attached hydrogens (tertiary/aromatic N) is 1. The molecule has 0 unspecified atom stereocenters. The Balaban J connectivity index is 0.000000500. The Kier molecular flexibility index (Phi) is 2.25. The van der Waals surface area contributed by atoms with Gasteiger partial charge < -0.3 is 0 Å². The maximum Gasteiger partial charge on any atom is 0.0840 e. The van der Waals surface area contributed by atoms with E-state index < -0.39 is 0 Å². The average molecular weight is 172 g/mol. The van der Waals surface area contributed by atoms with Gasteiger partial charge in [0.15, 0.2) is 0 Å². The molecule has 0 aliphatic heterocycles. The molecule has 1 nitrogen and oxygen atoms in total. The first-order valence-corrected chi connectivity index (χ1v) is 3.59. The van der Waals surface area contributed by atoms with E-state index in [9.17, 15) is 0 Å². The number of rotatable bonds is 0. The highest BCUT2D eigenvalue weighted by molar-refractivity contribution is 7.04. The summed E-state index contributed by atoms with van der Waals surface area (Å²) >= 11 is 1.50. The minimum Gasteiger partial charge on any atom is -0.193 e. The van der Waals surface area contributed by atoms with Gasteiger partial charge in [0.25, 0.3) is 0 Å². The van der Waals surface area contributed by atoms with Crippen molar-refractivity contribution in [2.45, 2.75) is 0 Å². The molecule has 0 atom stereocenters. The Labute approximate surface area is 69.3 Å². The van der Waals surface area contributed by atoms with Crippen LogP contribution in [0.2, 0.25) is 0 Å². The average Bonchev–Trinajstić information content (AvgIpc) is 2.33. The van der Waals surface area contributed by atoms with E-state index in [0.29, 0.717) is 0 Å². The first-order chi connectivity index (χ1) is 4.47. The first kappa shape index (κ1) is 7.51. The van der Waals surface area contributed by atoms with E-state index in [4.69, 9.17) is 0 Å². The quantitative estimate of drug-likeness (QED) is 0.594. The molecule has 3 heteroatoms. The van der Waals surface area contributed by atoms with Gasteiger partial charge in [-0.2, -0.15) is 4.37 Å². The lowest BCUT2D eigenvalue weighted by molar-refractivity contribution is 1.67. The van der Waals surface area contributed by atoms with Crippen molar-refractivity contribution in [3.63, 3.8) is 0 Å². The largest absolute Gasteiger partial charge is 0.193 e. The van der Waals surface area contributed by atoms with Gasteiger partial charge in [0.2, 0.25) is 0 Å². The van der Waals surface area contributed by atoms with E-state index in [0.717, 1.165) is 5.52 Å². The van der Waals surface area contributed by atoms with Crippen LogP contribution in [0.15, 0.2) is 29.6 Å². The van der Waals surface area contributed by atoms with Gasteiger partial charge in [0.1, 0.15) is 0 Å². The van der Waals surface area contributed by atoms with Gasteiger partial charge in [-0.25, -0.2) is 0 Å². The molecule has 0 aliphatic carbocycles. The second kappa shape index (κ2) is 2.99. The van der Waals surface area contributed by atoms with E-state index in [1.165, 1.54) is 16.9 Å². The molecule has 2 rings (SSSR count). The van der Waals surface area contributed by atoms with Gasteiger partial charge in [-0.05, 0) is 17.6 Å². The summed E-state index contributed by atoms with van der Waals surface area (Å²) in [6, 6.07) is 8.11. The Morgan fingerprint density at radius 2 is 2.00 bits per heavy atom. The smallest absolute Gasteiger partial charge is 0.0840 e. The third kappa shape index (κ3) is 1.13. The van der Waals surface area contributed by atoms with Crippen LogP contribution in [-0.4, -0.2) is 4.37 Å². The van der Waals surface area contributed by atoms with Crippen molar-refractivity contribution in [3.05, 3.63) is 29.6 Å². The molecule has 10 heavy (non-hydrogen) atoms. The molecule has 0 bridgehead atoms. The van der Waals surface area contributed by atoms with Crippen LogP contribution in [0.25, 0.3) is 10.9 Å². The molecule has 0 saturated heterocycles. The maximum absolute atomic E-state index is 4.16. The Morgan fingerprint density at radius 1 is 1.20 bits per heavy atom. The van der Waals surface area contributed by atoms with Crippen LogP contribution in [0, 0.1) is 0 Å². The molecule has 0 spiro atoms. The molecule has 0 aliphatic rings. The molecule has 0 amide bonds. The number of aromatic nitrogens is 1. The van der Waals surface area contributed by atoms with Gasteiger partial charge in [0, 0.05) is 10.8 Å². The second-order valence-electron chi connectivity index (χ2n) is 1.87. The lowest BCUT2D eigenvalue weighted by atomic mass is 10.3. The van der Waals surface area contributed by atoms with Crippen molar-refractivity contribution in [2.24, 2.45) is 0 Å². The molecule has 0 N–H and O–H groups in total. The molecular formula is C7H6ClNS. The van der Waals surface area contributed by atoms with Crippen molar-refractivity contribution < 1.29 is 0 Å². The molecule has 0 saturated carbocycles. The molecule has 0 fully saturated rings. The molecule has 1 heterocycles. The maximum atomic E-state index is 4.16.